The summed E-state index contributed by atoms with van der Waals surface area (Å²) in [5.74, 6) is 0.787. The van der Waals surface area contributed by atoms with Gasteiger partial charge in [-0.2, -0.15) is 0 Å². The normalized spacial score (nSPS) is 14.5. The summed E-state index contributed by atoms with van der Waals surface area (Å²) in [7, 11) is 2.00. The zero-order valence-electron chi connectivity index (χ0n) is 15.6. The van der Waals surface area contributed by atoms with E-state index in [1.165, 1.54) is 0 Å². The molecule has 0 radical (unpaired) electrons. The van der Waals surface area contributed by atoms with E-state index >= 15 is 0 Å². The Hall–Kier alpha value is -2.93. The number of nitrogens with one attached hydrogen (secondary N) is 1. The molecule has 140 valence electrons. The number of rotatable bonds is 4. The lowest BCUT2D eigenvalue weighted by Gasteiger charge is -2.27. The van der Waals surface area contributed by atoms with Crippen LogP contribution in [0.2, 0.25) is 0 Å². The van der Waals surface area contributed by atoms with Crippen molar-refractivity contribution >= 4 is 22.9 Å². The molecule has 7 nitrogen and oxygen atoms in total. The highest BCUT2D eigenvalue weighted by molar-refractivity contribution is 5.97. The van der Waals surface area contributed by atoms with Gasteiger partial charge >= 0.3 is 0 Å². The Kier molecular flexibility index (Phi) is 4.77. The van der Waals surface area contributed by atoms with E-state index in [9.17, 15) is 4.79 Å². The third kappa shape index (κ3) is 3.50. The van der Waals surface area contributed by atoms with Gasteiger partial charge in [0.25, 0.3) is 5.91 Å². The van der Waals surface area contributed by atoms with Gasteiger partial charge in [0, 0.05) is 31.9 Å². The minimum atomic E-state index is -0.125. The fourth-order valence-corrected chi connectivity index (χ4v) is 3.34. The third-order valence-corrected chi connectivity index (χ3v) is 4.95. The molecular weight excluding hydrogens is 342 g/mol. The number of hydrogen-bond acceptors (Lipinski definition) is 5. The van der Waals surface area contributed by atoms with E-state index in [1.54, 1.807) is 6.20 Å². The molecule has 3 heterocycles. The summed E-state index contributed by atoms with van der Waals surface area (Å²) in [5, 5.41) is 2.94. The van der Waals surface area contributed by atoms with Crippen molar-refractivity contribution in [3.8, 4) is 0 Å². The van der Waals surface area contributed by atoms with E-state index in [4.69, 9.17) is 9.72 Å². The summed E-state index contributed by atoms with van der Waals surface area (Å²) >= 11 is 0. The SMILES string of the molecule is Cc1cccnc1CNC(=O)c1ccc2c(c1)nc(N1CCOCC1)n2C. The summed E-state index contributed by atoms with van der Waals surface area (Å²) in [5.41, 5.74) is 4.37. The number of anilines is 1. The van der Waals surface area contributed by atoms with Crippen molar-refractivity contribution in [1.82, 2.24) is 19.9 Å². The highest BCUT2D eigenvalue weighted by Gasteiger charge is 2.18. The van der Waals surface area contributed by atoms with Crippen molar-refractivity contribution in [1.29, 1.82) is 0 Å². The van der Waals surface area contributed by atoms with E-state index in [2.05, 4.69) is 19.8 Å². The van der Waals surface area contributed by atoms with Gasteiger partial charge in [-0.1, -0.05) is 6.07 Å². The van der Waals surface area contributed by atoms with Crippen molar-refractivity contribution < 1.29 is 9.53 Å². The molecule has 1 fully saturated rings. The van der Waals surface area contributed by atoms with Gasteiger partial charge < -0.3 is 19.5 Å². The molecule has 1 aliphatic heterocycles. The lowest BCUT2D eigenvalue weighted by Crippen LogP contribution is -2.37. The standard InChI is InChI=1S/C20H23N5O2/c1-14-4-3-7-21-17(14)13-22-19(26)15-5-6-18-16(12-15)23-20(24(18)2)25-8-10-27-11-9-25/h3-7,12H,8-11,13H2,1-2H3,(H,22,26). The van der Waals surface area contributed by atoms with Crippen LogP contribution in [0, 0.1) is 6.92 Å². The molecule has 0 saturated carbocycles. The van der Waals surface area contributed by atoms with Crippen molar-refractivity contribution in [2.45, 2.75) is 13.5 Å². The van der Waals surface area contributed by atoms with Crippen molar-refractivity contribution in [3.63, 3.8) is 0 Å². The van der Waals surface area contributed by atoms with Gasteiger partial charge in [0.1, 0.15) is 0 Å². The van der Waals surface area contributed by atoms with Gasteiger partial charge in [-0.15, -0.1) is 0 Å². The number of pyridine rings is 1. The van der Waals surface area contributed by atoms with E-state index in [1.807, 2.05) is 44.3 Å². The number of aryl methyl sites for hydroxylation is 2. The topological polar surface area (TPSA) is 72.3 Å². The summed E-state index contributed by atoms with van der Waals surface area (Å²) < 4.78 is 7.49. The second-order valence-electron chi connectivity index (χ2n) is 6.72. The fourth-order valence-electron chi connectivity index (χ4n) is 3.34. The van der Waals surface area contributed by atoms with Crippen molar-refractivity contribution in [2.75, 3.05) is 31.2 Å². The maximum atomic E-state index is 12.6. The van der Waals surface area contributed by atoms with Crippen LogP contribution in [0.5, 0.6) is 0 Å². The molecule has 2 aromatic heterocycles. The molecule has 7 heteroatoms. The van der Waals surface area contributed by atoms with Gasteiger partial charge in [-0.3, -0.25) is 9.78 Å². The summed E-state index contributed by atoms with van der Waals surface area (Å²) in [4.78, 5) is 23.8. The van der Waals surface area contributed by atoms with E-state index in [0.29, 0.717) is 25.3 Å². The molecule has 0 bridgehead atoms. The third-order valence-electron chi connectivity index (χ3n) is 4.95. The maximum absolute atomic E-state index is 12.6. The first kappa shape index (κ1) is 17.5. The second kappa shape index (κ2) is 7.36. The molecule has 4 rings (SSSR count). The number of aromatic nitrogens is 3. The molecule has 1 saturated heterocycles. The quantitative estimate of drug-likeness (QED) is 0.766. The number of amides is 1. The van der Waals surface area contributed by atoms with Crippen LogP contribution in [0.3, 0.4) is 0 Å². The number of benzene rings is 1. The molecule has 1 N–H and O–H groups in total. The predicted molar refractivity (Wildman–Crippen MR) is 104 cm³/mol. The molecule has 1 amide bonds. The lowest BCUT2D eigenvalue weighted by molar-refractivity contribution is 0.0950. The zero-order chi connectivity index (χ0) is 18.8. The van der Waals surface area contributed by atoms with Gasteiger partial charge in [0.15, 0.2) is 0 Å². The molecule has 27 heavy (non-hydrogen) atoms. The number of morpholine rings is 1. The van der Waals surface area contributed by atoms with Crippen LogP contribution in [0.1, 0.15) is 21.6 Å². The first-order chi connectivity index (χ1) is 13.1. The average Bonchev–Trinajstić information content (AvgIpc) is 3.04. The van der Waals surface area contributed by atoms with Crippen molar-refractivity contribution in [3.05, 3.63) is 53.3 Å². The molecule has 0 atom stereocenters. The molecule has 0 unspecified atom stereocenters. The Morgan fingerprint density at radius 3 is 2.85 bits per heavy atom. The van der Waals surface area contributed by atoms with E-state index < -0.39 is 0 Å². The molecular formula is C20H23N5O2. The number of ether oxygens (including phenoxy) is 1. The van der Waals surface area contributed by atoms with E-state index in [0.717, 1.165) is 41.3 Å². The smallest absolute Gasteiger partial charge is 0.251 e. The first-order valence-corrected chi connectivity index (χ1v) is 9.11. The summed E-state index contributed by atoms with van der Waals surface area (Å²) in [6.45, 7) is 5.47. The predicted octanol–water partition coefficient (Wildman–Crippen LogP) is 2.04. The summed E-state index contributed by atoms with van der Waals surface area (Å²) in [6, 6.07) is 9.52. The van der Waals surface area contributed by atoms with Crippen molar-refractivity contribution in [2.24, 2.45) is 7.05 Å². The molecule has 1 aliphatic rings. The van der Waals surface area contributed by atoms with Crippen LogP contribution in [-0.2, 0) is 18.3 Å². The molecule has 0 aliphatic carbocycles. The zero-order valence-corrected chi connectivity index (χ0v) is 15.6. The Labute approximate surface area is 158 Å². The molecule has 3 aromatic rings. The number of carbonyl (C=O) groups excluding carboxylic acids is 1. The number of carbonyl (C=O) groups is 1. The highest BCUT2D eigenvalue weighted by Crippen LogP contribution is 2.23. The number of fused-ring (bicyclic) bond motifs is 1. The van der Waals surface area contributed by atoms with Gasteiger partial charge in [0.05, 0.1) is 36.5 Å². The molecule has 0 spiro atoms. The van der Waals surface area contributed by atoms with Crippen LogP contribution in [0.25, 0.3) is 11.0 Å². The number of imidazole rings is 1. The maximum Gasteiger partial charge on any atom is 0.251 e. The van der Waals surface area contributed by atoms with Gasteiger partial charge in [-0.25, -0.2) is 4.98 Å². The van der Waals surface area contributed by atoms with Crippen LogP contribution >= 0.6 is 0 Å². The Balaban J connectivity index is 1.54. The highest BCUT2D eigenvalue weighted by atomic mass is 16.5. The average molecular weight is 365 g/mol. The lowest BCUT2D eigenvalue weighted by atomic mass is 10.1. The minimum Gasteiger partial charge on any atom is -0.378 e. The van der Waals surface area contributed by atoms with Crippen LogP contribution in [0.15, 0.2) is 36.5 Å². The van der Waals surface area contributed by atoms with Gasteiger partial charge in [0.2, 0.25) is 5.95 Å². The monoisotopic (exact) mass is 365 g/mol. The fraction of sp³-hybridized carbons (Fsp3) is 0.350. The van der Waals surface area contributed by atoms with Crippen LogP contribution < -0.4 is 10.2 Å². The first-order valence-electron chi connectivity index (χ1n) is 9.11. The number of nitrogens with zero attached hydrogens (tertiary/aromatic N) is 4. The van der Waals surface area contributed by atoms with E-state index in [-0.39, 0.29) is 5.91 Å². The van der Waals surface area contributed by atoms with Gasteiger partial charge in [-0.05, 0) is 36.8 Å². The second-order valence-corrected chi connectivity index (χ2v) is 6.72. The largest absolute Gasteiger partial charge is 0.378 e. The Bertz CT molecular complexity index is 976. The minimum absolute atomic E-state index is 0.125. The van der Waals surface area contributed by atoms with Crippen LogP contribution in [-0.4, -0.2) is 46.7 Å². The number of hydrogen-bond donors (Lipinski definition) is 1. The molecule has 1 aromatic carbocycles. The van der Waals surface area contributed by atoms with Crippen LogP contribution in [0.4, 0.5) is 5.95 Å². The Morgan fingerprint density at radius 2 is 2.07 bits per heavy atom. The summed E-state index contributed by atoms with van der Waals surface area (Å²) in [6.07, 6.45) is 1.74. The Morgan fingerprint density at radius 1 is 1.26 bits per heavy atom.